The molecule has 0 aliphatic rings. The molecule has 0 spiro atoms. The van der Waals surface area contributed by atoms with Crippen molar-refractivity contribution in [1.82, 2.24) is 4.90 Å². The van der Waals surface area contributed by atoms with E-state index in [1.165, 1.54) is 83.5 Å². The second-order valence-corrected chi connectivity index (χ2v) is 7.83. The van der Waals surface area contributed by atoms with Crippen LogP contribution in [0.1, 0.15) is 104 Å². The topological polar surface area (TPSA) is 3.24 Å². The van der Waals surface area contributed by atoms with E-state index in [2.05, 4.69) is 32.8 Å². The lowest BCUT2D eigenvalue weighted by Crippen LogP contribution is -2.30. The predicted octanol–water partition coefficient (Wildman–Crippen LogP) is 7.03. The molecule has 1 nitrogen and oxygen atoms in total. The number of halogens is 1. The second-order valence-electron chi connectivity index (χ2n) is 7.21. The van der Waals surface area contributed by atoms with Crippen LogP contribution in [-0.2, 0) is 0 Å². The molecule has 134 valence electrons. The van der Waals surface area contributed by atoms with Crippen LogP contribution in [0, 0.1) is 0 Å². The monoisotopic (exact) mass is 331 g/mol. The summed E-state index contributed by atoms with van der Waals surface area (Å²) >= 11 is 6.49. The molecule has 0 radical (unpaired) electrons. The van der Waals surface area contributed by atoms with Gasteiger partial charge in [0.05, 0.1) is 0 Å². The Morgan fingerprint density at radius 3 is 1.68 bits per heavy atom. The standard InChI is InChI=1S/C20H42ClN/c1-5-7-9-10-11-12-13-14-15-17-20(22(3)4)18-19(21)16-8-6-2/h19-20H,5-18H2,1-4H3. The Kier molecular flexibility index (Phi) is 16.3. The van der Waals surface area contributed by atoms with Crippen LogP contribution in [0.15, 0.2) is 0 Å². The van der Waals surface area contributed by atoms with E-state index in [-0.39, 0.29) is 0 Å². The highest BCUT2D eigenvalue weighted by molar-refractivity contribution is 6.20. The lowest BCUT2D eigenvalue weighted by atomic mass is 9.99. The average molecular weight is 332 g/mol. The molecule has 0 aromatic heterocycles. The van der Waals surface area contributed by atoms with Crippen molar-refractivity contribution in [2.75, 3.05) is 14.1 Å². The van der Waals surface area contributed by atoms with Crippen LogP contribution >= 0.6 is 11.6 Å². The summed E-state index contributed by atoms with van der Waals surface area (Å²) in [6.07, 6.45) is 18.9. The normalized spacial score (nSPS) is 14.5. The zero-order valence-electron chi connectivity index (χ0n) is 15.9. The Hall–Kier alpha value is 0.250. The molecular formula is C20H42ClN. The molecule has 0 heterocycles. The van der Waals surface area contributed by atoms with Crippen molar-refractivity contribution < 1.29 is 0 Å². The fourth-order valence-electron chi connectivity index (χ4n) is 3.12. The molecule has 0 amide bonds. The maximum Gasteiger partial charge on any atom is 0.0350 e. The minimum absolute atomic E-state index is 0.367. The highest BCUT2D eigenvalue weighted by atomic mass is 35.5. The minimum atomic E-state index is 0.367. The van der Waals surface area contributed by atoms with Crippen LogP contribution in [0.2, 0.25) is 0 Å². The molecule has 2 unspecified atom stereocenters. The third kappa shape index (κ3) is 13.9. The van der Waals surface area contributed by atoms with Crippen molar-refractivity contribution in [2.45, 2.75) is 115 Å². The molecule has 2 atom stereocenters. The van der Waals surface area contributed by atoms with Crippen LogP contribution < -0.4 is 0 Å². The maximum absolute atomic E-state index is 6.49. The smallest absolute Gasteiger partial charge is 0.0350 e. The largest absolute Gasteiger partial charge is 0.306 e. The molecule has 22 heavy (non-hydrogen) atoms. The van der Waals surface area contributed by atoms with E-state index in [1.807, 2.05) is 0 Å². The third-order valence-electron chi connectivity index (χ3n) is 4.77. The van der Waals surface area contributed by atoms with Gasteiger partial charge in [0.25, 0.3) is 0 Å². The van der Waals surface area contributed by atoms with Crippen molar-refractivity contribution in [3.63, 3.8) is 0 Å². The summed E-state index contributed by atoms with van der Waals surface area (Å²) in [6, 6.07) is 0.670. The summed E-state index contributed by atoms with van der Waals surface area (Å²) in [7, 11) is 4.42. The molecule has 0 N–H and O–H groups in total. The fourth-order valence-corrected chi connectivity index (χ4v) is 3.48. The van der Waals surface area contributed by atoms with Crippen molar-refractivity contribution in [2.24, 2.45) is 0 Å². The van der Waals surface area contributed by atoms with Crippen LogP contribution in [0.4, 0.5) is 0 Å². The van der Waals surface area contributed by atoms with Crippen LogP contribution in [0.25, 0.3) is 0 Å². The van der Waals surface area contributed by atoms with Gasteiger partial charge in [0.15, 0.2) is 0 Å². The van der Waals surface area contributed by atoms with Gasteiger partial charge in [0.2, 0.25) is 0 Å². The molecule has 0 saturated heterocycles. The van der Waals surface area contributed by atoms with Gasteiger partial charge in [0.1, 0.15) is 0 Å². The van der Waals surface area contributed by atoms with Gasteiger partial charge in [-0.1, -0.05) is 84.5 Å². The van der Waals surface area contributed by atoms with Gasteiger partial charge in [-0.2, -0.15) is 0 Å². The first-order valence-electron chi connectivity index (χ1n) is 9.92. The molecule has 0 aliphatic heterocycles. The zero-order valence-corrected chi connectivity index (χ0v) is 16.6. The number of hydrogen-bond acceptors (Lipinski definition) is 1. The van der Waals surface area contributed by atoms with E-state index in [1.54, 1.807) is 0 Å². The Balaban J connectivity index is 3.61. The van der Waals surface area contributed by atoms with E-state index in [9.17, 15) is 0 Å². The molecule has 0 aliphatic carbocycles. The average Bonchev–Trinajstić information content (AvgIpc) is 2.49. The molecular weight excluding hydrogens is 290 g/mol. The molecule has 0 saturated carbocycles. The Morgan fingerprint density at radius 1 is 0.682 bits per heavy atom. The first-order valence-corrected chi connectivity index (χ1v) is 10.4. The van der Waals surface area contributed by atoms with Crippen LogP contribution in [-0.4, -0.2) is 30.4 Å². The van der Waals surface area contributed by atoms with Crippen molar-refractivity contribution >= 4 is 11.6 Å². The highest BCUT2D eigenvalue weighted by Crippen LogP contribution is 2.20. The van der Waals surface area contributed by atoms with Gasteiger partial charge in [-0.25, -0.2) is 0 Å². The molecule has 0 rings (SSSR count). The SMILES string of the molecule is CCCCCCCCCCCC(CC(Cl)CCCC)N(C)C. The van der Waals surface area contributed by atoms with Gasteiger partial charge in [-0.3, -0.25) is 0 Å². The molecule has 0 aromatic rings. The molecule has 0 aromatic carbocycles. The quantitative estimate of drug-likeness (QED) is 0.217. The molecule has 2 heteroatoms. The van der Waals surface area contributed by atoms with E-state index in [4.69, 9.17) is 11.6 Å². The van der Waals surface area contributed by atoms with Crippen molar-refractivity contribution in [3.05, 3.63) is 0 Å². The first-order chi connectivity index (χ1) is 10.6. The number of hydrogen-bond donors (Lipinski definition) is 0. The zero-order chi connectivity index (χ0) is 16.6. The van der Waals surface area contributed by atoms with Crippen molar-refractivity contribution in [3.8, 4) is 0 Å². The van der Waals surface area contributed by atoms with Gasteiger partial charge in [-0.05, 0) is 33.4 Å². The Bertz CT molecular complexity index is 218. The van der Waals surface area contributed by atoms with Gasteiger partial charge < -0.3 is 4.90 Å². The van der Waals surface area contributed by atoms with E-state index < -0.39 is 0 Å². The summed E-state index contributed by atoms with van der Waals surface area (Å²) in [5.41, 5.74) is 0. The highest BCUT2D eigenvalue weighted by Gasteiger charge is 2.16. The van der Waals surface area contributed by atoms with E-state index in [0.717, 1.165) is 6.42 Å². The lowest BCUT2D eigenvalue weighted by Gasteiger charge is -2.26. The summed E-state index contributed by atoms with van der Waals surface area (Å²) in [4.78, 5) is 2.38. The van der Waals surface area contributed by atoms with Crippen molar-refractivity contribution in [1.29, 1.82) is 0 Å². The summed E-state index contributed by atoms with van der Waals surface area (Å²) in [5.74, 6) is 0. The summed E-state index contributed by atoms with van der Waals surface area (Å²) in [5, 5.41) is 0.367. The Labute approximate surface area is 146 Å². The predicted molar refractivity (Wildman–Crippen MR) is 103 cm³/mol. The third-order valence-corrected chi connectivity index (χ3v) is 5.17. The first kappa shape index (κ1) is 22.2. The van der Waals surface area contributed by atoms with Crippen LogP contribution in [0.3, 0.4) is 0 Å². The van der Waals surface area contributed by atoms with E-state index in [0.29, 0.717) is 11.4 Å². The number of alkyl halides is 1. The maximum atomic E-state index is 6.49. The summed E-state index contributed by atoms with van der Waals surface area (Å²) in [6.45, 7) is 4.53. The van der Waals surface area contributed by atoms with Gasteiger partial charge >= 0.3 is 0 Å². The number of rotatable bonds is 16. The summed E-state index contributed by atoms with van der Waals surface area (Å²) < 4.78 is 0. The van der Waals surface area contributed by atoms with E-state index >= 15 is 0 Å². The number of nitrogens with zero attached hydrogens (tertiary/aromatic N) is 1. The molecule has 0 fully saturated rings. The number of unbranched alkanes of at least 4 members (excludes halogenated alkanes) is 9. The van der Waals surface area contributed by atoms with Crippen LogP contribution in [0.5, 0.6) is 0 Å². The lowest BCUT2D eigenvalue weighted by molar-refractivity contribution is 0.253. The second kappa shape index (κ2) is 16.1. The minimum Gasteiger partial charge on any atom is -0.306 e. The fraction of sp³-hybridized carbons (Fsp3) is 1.00. The van der Waals surface area contributed by atoms with Gasteiger partial charge in [-0.15, -0.1) is 11.6 Å². The Morgan fingerprint density at radius 2 is 1.18 bits per heavy atom. The molecule has 0 bridgehead atoms. The van der Waals surface area contributed by atoms with Gasteiger partial charge in [0, 0.05) is 11.4 Å².